The largest absolute Gasteiger partial charge is 0.492 e. The number of aliphatic hydroxyl groups is 1. The van der Waals surface area contributed by atoms with E-state index in [0.717, 1.165) is 17.5 Å². The maximum Gasteiger partial charge on any atom is 0.246 e. The zero-order chi connectivity index (χ0) is 29.9. The van der Waals surface area contributed by atoms with Gasteiger partial charge in [-0.05, 0) is 36.6 Å². The van der Waals surface area contributed by atoms with Gasteiger partial charge in [0.15, 0.2) is 0 Å². The molecule has 0 fully saturated rings. The van der Waals surface area contributed by atoms with Crippen LogP contribution in [0.15, 0.2) is 54.6 Å². The number of fused-ring (bicyclic) bond motifs is 1. The van der Waals surface area contributed by atoms with Crippen molar-refractivity contribution in [1.29, 1.82) is 0 Å². The topological polar surface area (TPSA) is 120 Å². The van der Waals surface area contributed by atoms with Gasteiger partial charge in [0.1, 0.15) is 24.4 Å². The summed E-state index contributed by atoms with van der Waals surface area (Å²) in [4.78, 5) is 41.8. The second kappa shape index (κ2) is 15.6. The molecule has 10 heteroatoms. The van der Waals surface area contributed by atoms with Crippen molar-refractivity contribution >= 4 is 35.4 Å². The van der Waals surface area contributed by atoms with E-state index in [1.807, 2.05) is 50.3 Å². The Kier molecular flexibility index (Phi) is 12.2. The molecular formula is C31H41ClN4O5. The van der Waals surface area contributed by atoms with E-state index >= 15 is 0 Å². The quantitative estimate of drug-likeness (QED) is 0.429. The Morgan fingerprint density at radius 1 is 1.07 bits per heavy atom. The summed E-state index contributed by atoms with van der Waals surface area (Å²) >= 11 is 6.03. The first kappa shape index (κ1) is 32.1. The third-order valence-corrected chi connectivity index (χ3v) is 7.54. The minimum absolute atomic E-state index is 0.0492. The molecule has 5 atom stereocenters. The SMILES string of the molecule is CCC(C)[C@@H]1NCCOc2ccccc2/C=C/CNC(=O)[C@@H](Cc2ccc(Cl)cc2)NC(=O)[C@H](C(C)O)N(C)C1=O. The summed E-state index contributed by atoms with van der Waals surface area (Å²) < 4.78 is 6.01. The van der Waals surface area contributed by atoms with E-state index in [0.29, 0.717) is 23.9 Å². The predicted molar refractivity (Wildman–Crippen MR) is 161 cm³/mol. The van der Waals surface area contributed by atoms with Gasteiger partial charge in [-0.25, -0.2) is 0 Å². The van der Waals surface area contributed by atoms with Crippen LogP contribution in [0.3, 0.4) is 0 Å². The van der Waals surface area contributed by atoms with Crippen molar-refractivity contribution in [3.63, 3.8) is 0 Å². The molecule has 3 rings (SSSR count). The highest BCUT2D eigenvalue weighted by Crippen LogP contribution is 2.20. The standard InChI is InChI=1S/C31H41ClN4O5/c1-5-20(2)27-31(40)36(4)28(21(3)37)30(39)35-25(19-22-12-14-24(32)15-13-22)29(38)34-16-8-10-23-9-6-7-11-26(23)41-18-17-33-27/h6-15,20-21,25,27-28,33,37H,5,16-19H2,1-4H3,(H,34,38)(H,35,39)/b10-8+/t20?,21?,25-,27+,28+/m1/s1. The summed E-state index contributed by atoms with van der Waals surface area (Å²) in [5.74, 6) is -0.720. The highest BCUT2D eigenvalue weighted by Gasteiger charge is 2.37. The Labute approximate surface area is 247 Å². The van der Waals surface area contributed by atoms with Gasteiger partial charge in [0, 0.05) is 37.1 Å². The van der Waals surface area contributed by atoms with Gasteiger partial charge in [0.05, 0.1) is 12.1 Å². The molecule has 1 heterocycles. The number of nitrogens with one attached hydrogen (secondary N) is 3. The average molecular weight is 585 g/mol. The molecule has 3 amide bonds. The molecule has 2 aromatic carbocycles. The van der Waals surface area contributed by atoms with Crippen LogP contribution in [0.4, 0.5) is 0 Å². The van der Waals surface area contributed by atoms with Crippen LogP contribution in [-0.2, 0) is 20.8 Å². The summed E-state index contributed by atoms with van der Waals surface area (Å²) in [7, 11) is 1.50. The number of para-hydroxylation sites is 1. The van der Waals surface area contributed by atoms with Crippen molar-refractivity contribution in [3.05, 3.63) is 70.8 Å². The van der Waals surface area contributed by atoms with Crippen molar-refractivity contribution < 1.29 is 24.2 Å². The lowest BCUT2D eigenvalue weighted by molar-refractivity contribution is -0.146. The van der Waals surface area contributed by atoms with Crippen LogP contribution >= 0.6 is 11.6 Å². The van der Waals surface area contributed by atoms with Gasteiger partial charge in [0.2, 0.25) is 17.7 Å². The van der Waals surface area contributed by atoms with E-state index in [1.54, 1.807) is 24.3 Å². The van der Waals surface area contributed by atoms with E-state index < -0.39 is 36.0 Å². The first-order chi connectivity index (χ1) is 19.6. The molecule has 41 heavy (non-hydrogen) atoms. The van der Waals surface area contributed by atoms with Crippen LogP contribution in [0.25, 0.3) is 6.08 Å². The molecule has 1 aliphatic heterocycles. The first-order valence-corrected chi connectivity index (χ1v) is 14.4. The van der Waals surface area contributed by atoms with E-state index in [-0.39, 0.29) is 24.8 Å². The van der Waals surface area contributed by atoms with Gasteiger partial charge >= 0.3 is 0 Å². The fourth-order valence-corrected chi connectivity index (χ4v) is 4.88. The fraction of sp³-hybridized carbons (Fsp3) is 0.452. The number of halogens is 1. The number of carbonyl (C=O) groups excluding carboxylic acids is 3. The van der Waals surface area contributed by atoms with Crippen molar-refractivity contribution in [2.45, 2.75) is 57.8 Å². The minimum atomic E-state index is -1.21. The lowest BCUT2D eigenvalue weighted by atomic mass is 9.96. The fourth-order valence-electron chi connectivity index (χ4n) is 4.76. The molecule has 9 nitrogen and oxygen atoms in total. The monoisotopic (exact) mass is 584 g/mol. The molecular weight excluding hydrogens is 544 g/mol. The van der Waals surface area contributed by atoms with Crippen molar-refractivity contribution in [2.24, 2.45) is 5.92 Å². The minimum Gasteiger partial charge on any atom is -0.492 e. The van der Waals surface area contributed by atoms with Gasteiger partial charge in [0.25, 0.3) is 0 Å². The third-order valence-electron chi connectivity index (χ3n) is 7.29. The zero-order valence-corrected chi connectivity index (χ0v) is 24.9. The Morgan fingerprint density at radius 2 is 1.78 bits per heavy atom. The number of likely N-dealkylation sites (N-methyl/N-ethyl adjacent to an activating group) is 1. The number of ether oxygens (including phenoxy) is 1. The molecule has 0 aliphatic carbocycles. The van der Waals surface area contributed by atoms with Crippen molar-refractivity contribution in [3.8, 4) is 5.75 Å². The molecule has 0 radical (unpaired) electrons. The third kappa shape index (κ3) is 9.05. The molecule has 2 aromatic rings. The lowest BCUT2D eigenvalue weighted by Crippen LogP contribution is -2.61. The number of benzene rings is 2. The Hall–Kier alpha value is -3.40. The number of aliphatic hydroxyl groups excluding tert-OH is 1. The normalized spacial score (nSPS) is 23.6. The van der Waals surface area contributed by atoms with E-state index in [1.165, 1.54) is 18.9 Å². The maximum absolute atomic E-state index is 13.7. The van der Waals surface area contributed by atoms with Crippen molar-refractivity contribution in [2.75, 3.05) is 26.7 Å². The summed E-state index contributed by atoms with van der Waals surface area (Å²) in [5, 5.41) is 20.1. The smallest absolute Gasteiger partial charge is 0.246 e. The van der Waals surface area contributed by atoms with Gasteiger partial charge in [-0.3, -0.25) is 14.4 Å². The van der Waals surface area contributed by atoms with E-state index in [4.69, 9.17) is 16.3 Å². The van der Waals surface area contributed by atoms with Crippen molar-refractivity contribution in [1.82, 2.24) is 20.9 Å². The Balaban J connectivity index is 1.96. The number of nitrogens with zero attached hydrogens (tertiary/aromatic N) is 1. The van der Waals surface area contributed by atoms with Crippen LogP contribution < -0.4 is 20.7 Å². The Morgan fingerprint density at radius 3 is 2.46 bits per heavy atom. The summed E-state index contributed by atoms with van der Waals surface area (Å²) in [6, 6.07) is 11.8. The molecule has 1 aliphatic rings. The molecule has 2 unspecified atom stereocenters. The summed E-state index contributed by atoms with van der Waals surface area (Å²) in [5.41, 5.74) is 1.64. The highest BCUT2D eigenvalue weighted by atomic mass is 35.5. The highest BCUT2D eigenvalue weighted by molar-refractivity contribution is 6.30. The van der Waals surface area contributed by atoms with Gasteiger partial charge in [-0.2, -0.15) is 0 Å². The molecule has 222 valence electrons. The number of hydrogen-bond donors (Lipinski definition) is 4. The maximum atomic E-state index is 13.7. The number of rotatable bonds is 5. The number of amides is 3. The van der Waals surface area contributed by atoms with E-state index in [9.17, 15) is 19.5 Å². The summed E-state index contributed by atoms with van der Waals surface area (Å²) in [6.07, 6.45) is 3.40. The van der Waals surface area contributed by atoms with E-state index in [2.05, 4.69) is 16.0 Å². The van der Waals surface area contributed by atoms with Crippen LogP contribution in [0.5, 0.6) is 5.75 Å². The second-order valence-electron chi connectivity index (χ2n) is 10.4. The average Bonchev–Trinajstić information content (AvgIpc) is 2.95. The molecule has 0 aromatic heterocycles. The van der Waals surface area contributed by atoms with Gasteiger partial charge in [-0.15, -0.1) is 0 Å². The van der Waals surface area contributed by atoms with Crippen LogP contribution in [0.2, 0.25) is 5.02 Å². The second-order valence-corrected chi connectivity index (χ2v) is 10.8. The summed E-state index contributed by atoms with van der Waals surface area (Å²) in [6.45, 7) is 6.34. The molecule has 0 spiro atoms. The molecule has 4 N–H and O–H groups in total. The molecule has 0 bridgehead atoms. The van der Waals surface area contributed by atoms with Gasteiger partial charge < -0.3 is 30.7 Å². The predicted octanol–water partition coefficient (Wildman–Crippen LogP) is 2.80. The zero-order valence-electron chi connectivity index (χ0n) is 24.1. The van der Waals surface area contributed by atoms with Crippen LogP contribution in [0, 0.1) is 5.92 Å². The Bertz CT molecular complexity index is 1200. The van der Waals surface area contributed by atoms with Gasteiger partial charge in [-0.1, -0.05) is 74.4 Å². The number of carbonyl (C=O) groups is 3. The van der Waals surface area contributed by atoms with Crippen LogP contribution in [0.1, 0.15) is 38.3 Å². The molecule has 0 saturated heterocycles. The molecule has 0 saturated carbocycles. The van der Waals surface area contributed by atoms with Crippen LogP contribution in [-0.4, -0.2) is 78.7 Å². The first-order valence-electron chi connectivity index (χ1n) is 14.0. The lowest BCUT2D eigenvalue weighted by Gasteiger charge is -2.35. The number of hydrogen-bond acceptors (Lipinski definition) is 6.